The minimum absolute atomic E-state index is 0.0485. The topological polar surface area (TPSA) is 21.3 Å². The van der Waals surface area contributed by atoms with Crippen LogP contribution in [0.1, 0.15) is 32.6 Å². The van der Waals surface area contributed by atoms with Crippen LogP contribution in [0.15, 0.2) is 0 Å². The zero-order chi connectivity index (χ0) is 9.57. The first-order valence-corrected chi connectivity index (χ1v) is 5.05. The second-order valence-corrected chi connectivity index (χ2v) is 3.89. The van der Waals surface area contributed by atoms with Crippen LogP contribution in [0.4, 0.5) is 0 Å². The minimum atomic E-state index is 0.0485. The molecule has 13 heavy (non-hydrogen) atoms. The molecule has 2 heteroatoms. The van der Waals surface area contributed by atoms with Crippen LogP contribution in [0, 0.1) is 12.3 Å². The van der Waals surface area contributed by atoms with Crippen molar-refractivity contribution in [2.75, 3.05) is 19.7 Å². The SMILES string of the molecule is C#CCCCOC1(C)CCCNC1. The van der Waals surface area contributed by atoms with E-state index in [1.165, 1.54) is 6.42 Å². The predicted molar refractivity (Wildman–Crippen MR) is 54.5 cm³/mol. The highest BCUT2D eigenvalue weighted by molar-refractivity contribution is 4.84. The Morgan fingerprint density at radius 2 is 2.46 bits per heavy atom. The van der Waals surface area contributed by atoms with Crippen LogP contribution in [0.5, 0.6) is 0 Å². The largest absolute Gasteiger partial charge is 0.374 e. The van der Waals surface area contributed by atoms with Gasteiger partial charge in [-0.1, -0.05) is 0 Å². The number of unbranched alkanes of at least 4 members (excludes halogenated alkanes) is 1. The van der Waals surface area contributed by atoms with Crippen molar-refractivity contribution in [3.8, 4) is 12.3 Å². The van der Waals surface area contributed by atoms with E-state index in [0.29, 0.717) is 0 Å². The summed E-state index contributed by atoms with van der Waals surface area (Å²) in [5, 5.41) is 3.35. The Balaban J connectivity index is 2.14. The molecular formula is C11H19NO. The van der Waals surface area contributed by atoms with E-state index in [-0.39, 0.29) is 5.60 Å². The van der Waals surface area contributed by atoms with Gasteiger partial charge in [0.05, 0.1) is 5.60 Å². The summed E-state index contributed by atoms with van der Waals surface area (Å²) in [6, 6.07) is 0. The van der Waals surface area contributed by atoms with Gasteiger partial charge in [-0.3, -0.25) is 0 Å². The zero-order valence-electron chi connectivity index (χ0n) is 8.44. The van der Waals surface area contributed by atoms with Crippen LogP contribution in [-0.4, -0.2) is 25.3 Å². The summed E-state index contributed by atoms with van der Waals surface area (Å²) in [7, 11) is 0. The van der Waals surface area contributed by atoms with Crippen LogP contribution >= 0.6 is 0 Å². The first-order chi connectivity index (χ1) is 6.27. The molecule has 0 aromatic heterocycles. The molecule has 1 aliphatic heterocycles. The normalized spacial score (nSPS) is 28.3. The molecule has 0 aromatic rings. The fourth-order valence-corrected chi connectivity index (χ4v) is 1.64. The third-order valence-corrected chi connectivity index (χ3v) is 2.47. The van der Waals surface area contributed by atoms with Crippen LogP contribution in [0.3, 0.4) is 0 Å². The van der Waals surface area contributed by atoms with Crippen molar-refractivity contribution in [3.05, 3.63) is 0 Å². The van der Waals surface area contributed by atoms with Crippen molar-refractivity contribution >= 4 is 0 Å². The number of rotatable bonds is 4. The molecule has 1 atom stereocenters. The van der Waals surface area contributed by atoms with Gasteiger partial charge in [0.2, 0.25) is 0 Å². The molecule has 0 spiro atoms. The molecule has 0 bridgehead atoms. The molecule has 1 N–H and O–H groups in total. The highest BCUT2D eigenvalue weighted by atomic mass is 16.5. The Kier molecular flexibility index (Phi) is 4.27. The fourth-order valence-electron chi connectivity index (χ4n) is 1.64. The second-order valence-electron chi connectivity index (χ2n) is 3.89. The summed E-state index contributed by atoms with van der Waals surface area (Å²) in [4.78, 5) is 0. The molecule has 74 valence electrons. The third kappa shape index (κ3) is 3.80. The third-order valence-electron chi connectivity index (χ3n) is 2.47. The highest BCUT2D eigenvalue weighted by Crippen LogP contribution is 2.20. The quantitative estimate of drug-likeness (QED) is 0.525. The van der Waals surface area contributed by atoms with E-state index in [4.69, 9.17) is 11.2 Å². The van der Waals surface area contributed by atoms with Gasteiger partial charge in [-0.15, -0.1) is 12.3 Å². The lowest BCUT2D eigenvalue weighted by Crippen LogP contribution is -2.45. The van der Waals surface area contributed by atoms with Gasteiger partial charge in [0.15, 0.2) is 0 Å². The number of nitrogens with one attached hydrogen (secondary N) is 1. The Morgan fingerprint density at radius 1 is 1.62 bits per heavy atom. The van der Waals surface area contributed by atoms with Crippen LogP contribution in [0.25, 0.3) is 0 Å². The van der Waals surface area contributed by atoms with Crippen molar-refractivity contribution in [3.63, 3.8) is 0 Å². The maximum atomic E-state index is 5.81. The lowest BCUT2D eigenvalue weighted by Gasteiger charge is -2.34. The van der Waals surface area contributed by atoms with Crippen molar-refractivity contribution < 1.29 is 4.74 Å². The summed E-state index contributed by atoms with van der Waals surface area (Å²) in [5.41, 5.74) is 0.0485. The molecule has 0 radical (unpaired) electrons. The van der Waals surface area contributed by atoms with Crippen molar-refractivity contribution in [1.82, 2.24) is 5.32 Å². The van der Waals surface area contributed by atoms with Gasteiger partial charge in [-0.25, -0.2) is 0 Å². The summed E-state index contributed by atoms with van der Waals surface area (Å²) in [6.07, 6.45) is 9.34. The molecule has 0 aliphatic carbocycles. The smallest absolute Gasteiger partial charge is 0.0778 e. The summed E-state index contributed by atoms with van der Waals surface area (Å²) < 4.78 is 5.81. The van der Waals surface area contributed by atoms with E-state index in [9.17, 15) is 0 Å². The van der Waals surface area contributed by atoms with E-state index >= 15 is 0 Å². The van der Waals surface area contributed by atoms with E-state index in [0.717, 1.165) is 39.0 Å². The van der Waals surface area contributed by atoms with E-state index in [1.54, 1.807) is 0 Å². The Hall–Kier alpha value is -0.520. The fraction of sp³-hybridized carbons (Fsp3) is 0.818. The molecule has 1 saturated heterocycles. The average Bonchev–Trinajstić information content (AvgIpc) is 2.14. The molecule has 1 rings (SSSR count). The van der Waals surface area contributed by atoms with Gasteiger partial charge in [0.25, 0.3) is 0 Å². The zero-order valence-corrected chi connectivity index (χ0v) is 8.44. The highest BCUT2D eigenvalue weighted by Gasteiger charge is 2.26. The first-order valence-electron chi connectivity index (χ1n) is 5.05. The van der Waals surface area contributed by atoms with Gasteiger partial charge in [-0.05, 0) is 32.7 Å². The summed E-state index contributed by atoms with van der Waals surface area (Å²) in [5.74, 6) is 2.62. The van der Waals surface area contributed by atoms with Gasteiger partial charge in [-0.2, -0.15) is 0 Å². The maximum absolute atomic E-state index is 5.81. The van der Waals surface area contributed by atoms with Gasteiger partial charge in [0, 0.05) is 19.6 Å². The lowest BCUT2D eigenvalue weighted by atomic mass is 9.96. The van der Waals surface area contributed by atoms with Gasteiger partial charge in [0.1, 0.15) is 0 Å². The molecule has 2 nitrogen and oxygen atoms in total. The van der Waals surface area contributed by atoms with Crippen molar-refractivity contribution in [2.24, 2.45) is 0 Å². The molecule has 1 heterocycles. The van der Waals surface area contributed by atoms with Crippen molar-refractivity contribution in [2.45, 2.75) is 38.2 Å². The Morgan fingerprint density at radius 3 is 3.08 bits per heavy atom. The minimum Gasteiger partial charge on any atom is -0.374 e. The Labute approximate surface area is 81.0 Å². The predicted octanol–water partition coefficient (Wildman–Crippen LogP) is 1.56. The van der Waals surface area contributed by atoms with E-state index < -0.39 is 0 Å². The number of piperidine rings is 1. The van der Waals surface area contributed by atoms with E-state index in [2.05, 4.69) is 18.2 Å². The van der Waals surface area contributed by atoms with Gasteiger partial charge < -0.3 is 10.1 Å². The van der Waals surface area contributed by atoms with Crippen LogP contribution in [0.2, 0.25) is 0 Å². The molecular weight excluding hydrogens is 162 g/mol. The van der Waals surface area contributed by atoms with E-state index in [1.807, 2.05) is 0 Å². The monoisotopic (exact) mass is 181 g/mol. The molecule has 0 aromatic carbocycles. The lowest BCUT2D eigenvalue weighted by molar-refractivity contribution is -0.0469. The molecule has 1 unspecified atom stereocenters. The number of terminal acetylenes is 1. The Bertz CT molecular complexity index is 177. The average molecular weight is 181 g/mol. The number of ether oxygens (including phenoxy) is 1. The van der Waals surface area contributed by atoms with Crippen LogP contribution < -0.4 is 5.32 Å². The molecule has 0 amide bonds. The second kappa shape index (κ2) is 5.26. The number of hydrogen-bond acceptors (Lipinski definition) is 2. The molecule has 1 fully saturated rings. The first kappa shape index (κ1) is 10.6. The van der Waals surface area contributed by atoms with Gasteiger partial charge >= 0.3 is 0 Å². The number of hydrogen-bond donors (Lipinski definition) is 1. The standard InChI is InChI=1S/C11H19NO/c1-3-4-5-9-13-11(2)7-6-8-12-10-11/h1,12H,4-10H2,2H3. The van der Waals surface area contributed by atoms with Crippen molar-refractivity contribution in [1.29, 1.82) is 0 Å². The summed E-state index contributed by atoms with van der Waals surface area (Å²) >= 11 is 0. The molecule has 1 aliphatic rings. The van der Waals surface area contributed by atoms with Crippen LogP contribution in [-0.2, 0) is 4.74 Å². The maximum Gasteiger partial charge on any atom is 0.0778 e. The summed E-state index contributed by atoms with van der Waals surface area (Å²) in [6.45, 7) is 5.07. The molecule has 0 saturated carbocycles.